The lowest BCUT2D eigenvalue weighted by molar-refractivity contribution is -0.117. The summed E-state index contributed by atoms with van der Waals surface area (Å²) in [5.41, 5.74) is 2.01. The number of unbranched alkanes of at least 4 members (excludes halogenated alkanes) is 1. The number of ketones is 1. The van der Waals surface area contributed by atoms with Crippen molar-refractivity contribution in [2.75, 3.05) is 6.54 Å². The topological polar surface area (TPSA) is 152 Å². The smallest absolute Gasteiger partial charge is 0.332 e. The van der Waals surface area contributed by atoms with E-state index in [2.05, 4.69) is 10.3 Å². The Balaban J connectivity index is 0.000000226. The minimum Gasteiger partial charge on any atom is -0.508 e. The second-order valence-corrected chi connectivity index (χ2v) is 10.2. The van der Waals surface area contributed by atoms with Crippen LogP contribution >= 0.6 is 0 Å². The minimum atomic E-state index is -0.620. The summed E-state index contributed by atoms with van der Waals surface area (Å²) in [4.78, 5) is 39.4. The Morgan fingerprint density at radius 3 is 2.20 bits per heavy atom. The van der Waals surface area contributed by atoms with Crippen molar-refractivity contribution >= 4 is 16.9 Å². The summed E-state index contributed by atoms with van der Waals surface area (Å²) in [5, 5.41) is 32.0. The lowest BCUT2D eigenvalue weighted by atomic mass is 10.0. The Hall–Kier alpha value is -4.22. The third kappa shape index (κ3) is 8.38. The van der Waals surface area contributed by atoms with E-state index in [1.807, 2.05) is 19.1 Å². The summed E-state index contributed by atoms with van der Waals surface area (Å²) in [6.07, 6.45) is 3.50. The summed E-state index contributed by atoms with van der Waals surface area (Å²) >= 11 is 0. The number of hydrogen-bond acceptors (Lipinski definition) is 8. The molecule has 0 saturated carbocycles. The zero-order chi connectivity index (χ0) is 30.1. The van der Waals surface area contributed by atoms with Crippen molar-refractivity contribution in [1.29, 1.82) is 0 Å². The zero-order valence-electron chi connectivity index (χ0n) is 23.9. The number of aliphatic hydroxyl groups excluding tert-OH is 1. The van der Waals surface area contributed by atoms with Gasteiger partial charge in [-0.2, -0.15) is 0 Å². The Bertz CT molecular complexity index is 1550. The standard InChI is InChI=1S/C17H21NO3.C13H18N4O3/c1-12(17(21)14-4-8-16(20)9-5-14)18-11-10-13-2-6-15(19)7-3-13;1-9(18)6-4-5-7-17-12(19)10-11(14-8-15(10)2)16(3)13(17)20/h2-9,12,17-21H,10-11H2,1H3;8H,4-7H2,1-3H3/t12-,17-;/m0./s1. The van der Waals surface area contributed by atoms with Gasteiger partial charge in [-0.1, -0.05) is 24.3 Å². The molecule has 0 aliphatic rings. The van der Waals surface area contributed by atoms with Gasteiger partial charge in [-0.3, -0.25) is 13.9 Å². The first-order chi connectivity index (χ1) is 19.5. The van der Waals surface area contributed by atoms with Gasteiger partial charge in [0.25, 0.3) is 5.56 Å². The Labute approximate surface area is 238 Å². The fourth-order valence-electron chi connectivity index (χ4n) is 4.42. The van der Waals surface area contributed by atoms with Crippen LogP contribution in [0.1, 0.15) is 50.3 Å². The molecule has 0 aliphatic carbocycles. The number of aryl methyl sites for hydroxylation is 2. The van der Waals surface area contributed by atoms with Crippen molar-refractivity contribution in [2.24, 2.45) is 14.1 Å². The SMILES string of the molecule is CC(=O)CCCCn1c(=O)c2c(ncn2C)n(C)c1=O.C[C@H](NCCc1ccc(O)cc1)[C@H](O)c1ccc(O)cc1. The van der Waals surface area contributed by atoms with Crippen LogP contribution in [-0.4, -0.2) is 52.4 Å². The number of imidazole rings is 1. The number of nitrogens with one attached hydrogen (secondary N) is 1. The molecule has 4 rings (SSSR count). The van der Waals surface area contributed by atoms with Crippen LogP contribution in [0.4, 0.5) is 0 Å². The van der Waals surface area contributed by atoms with Crippen LogP contribution in [0.3, 0.4) is 0 Å². The maximum atomic E-state index is 12.3. The third-order valence-corrected chi connectivity index (χ3v) is 6.89. The summed E-state index contributed by atoms with van der Waals surface area (Å²) in [6.45, 7) is 4.52. The summed E-state index contributed by atoms with van der Waals surface area (Å²) < 4.78 is 4.20. The quantitative estimate of drug-likeness (QED) is 0.203. The fraction of sp³-hybridized carbons (Fsp3) is 0.400. The van der Waals surface area contributed by atoms with E-state index in [9.17, 15) is 29.7 Å². The highest BCUT2D eigenvalue weighted by molar-refractivity contribution is 5.75. The van der Waals surface area contributed by atoms with Gasteiger partial charge in [0, 0.05) is 33.1 Å². The van der Waals surface area contributed by atoms with Crippen molar-refractivity contribution < 1.29 is 20.1 Å². The van der Waals surface area contributed by atoms with Crippen molar-refractivity contribution in [3.8, 4) is 11.5 Å². The van der Waals surface area contributed by atoms with E-state index in [4.69, 9.17) is 0 Å². The van der Waals surface area contributed by atoms with Crippen LogP contribution in [0, 0.1) is 0 Å². The number of nitrogens with zero attached hydrogens (tertiary/aromatic N) is 4. The van der Waals surface area contributed by atoms with Gasteiger partial charge in [-0.05, 0) is 75.0 Å². The first-order valence-corrected chi connectivity index (χ1v) is 13.6. The van der Waals surface area contributed by atoms with Gasteiger partial charge in [-0.25, -0.2) is 9.78 Å². The maximum absolute atomic E-state index is 12.3. The largest absolute Gasteiger partial charge is 0.508 e. The summed E-state index contributed by atoms with van der Waals surface area (Å²) in [5.74, 6) is 0.578. The average Bonchev–Trinajstić information content (AvgIpc) is 3.34. The van der Waals surface area contributed by atoms with Crippen LogP contribution in [-0.2, 0) is 31.9 Å². The number of carbonyl (C=O) groups is 1. The van der Waals surface area contributed by atoms with Gasteiger partial charge in [0.2, 0.25) is 0 Å². The molecule has 4 aromatic rings. The molecule has 0 aliphatic heterocycles. The normalized spacial score (nSPS) is 12.5. The molecule has 2 heterocycles. The molecule has 2 atom stereocenters. The molecule has 0 saturated heterocycles. The van der Waals surface area contributed by atoms with E-state index in [1.165, 1.54) is 22.4 Å². The molecule has 0 unspecified atom stereocenters. The third-order valence-electron chi connectivity index (χ3n) is 6.89. The summed E-state index contributed by atoms with van der Waals surface area (Å²) in [7, 11) is 3.32. The molecule has 0 radical (unpaired) electrons. The lowest BCUT2D eigenvalue weighted by Gasteiger charge is -2.20. The number of phenolic OH excluding ortho intramolecular Hbond substituents is 2. The molecule has 0 fully saturated rings. The number of phenols is 2. The molecule has 0 spiro atoms. The van der Waals surface area contributed by atoms with Gasteiger partial charge in [-0.15, -0.1) is 0 Å². The number of Topliss-reactive ketones (excluding diaryl/α,β-unsaturated/α-hetero) is 1. The molecular formula is C30H39N5O6. The minimum absolute atomic E-state index is 0.0911. The van der Waals surface area contributed by atoms with Gasteiger partial charge in [0.15, 0.2) is 11.2 Å². The van der Waals surface area contributed by atoms with E-state index in [1.54, 1.807) is 55.1 Å². The van der Waals surface area contributed by atoms with E-state index < -0.39 is 6.10 Å². The molecule has 0 amide bonds. The van der Waals surface area contributed by atoms with Crippen LogP contribution in [0.15, 0.2) is 64.4 Å². The van der Waals surface area contributed by atoms with Gasteiger partial charge in [0.05, 0.1) is 12.4 Å². The van der Waals surface area contributed by atoms with Crippen molar-refractivity contribution in [1.82, 2.24) is 24.0 Å². The zero-order valence-corrected chi connectivity index (χ0v) is 23.9. The highest BCUT2D eigenvalue weighted by Crippen LogP contribution is 2.19. The Morgan fingerprint density at radius 2 is 1.59 bits per heavy atom. The average molecular weight is 566 g/mol. The van der Waals surface area contributed by atoms with Gasteiger partial charge in [0.1, 0.15) is 17.3 Å². The van der Waals surface area contributed by atoms with Gasteiger partial charge < -0.3 is 30.0 Å². The Morgan fingerprint density at radius 1 is 0.976 bits per heavy atom. The number of hydrogen-bond donors (Lipinski definition) is 4. The number of aliphatic hydroxyl groups is 1. The van der Waals surface area contributed by atoms with Crippen LogP contribution in [0.25, 0.3) is 11.2 Å². The molecule has 41 heavy (non-hydrogen) atoms. The van der Waals surface area contributed by atoms with Crippen molar-refractivity contribution in [3.05, 3.63) is 86.8 Å². The molecule has 2 aromatic heterocycles. The second-order valence-electron chi connectivity index (χ2n) is 10.2. The monoisotopic (exact) mass is 565 g/mol. The van der Waals surface area contributed by atoms with Gasteiger partial charge >= 0.3 is 5.69 Å². The number of fused-ring (bicyclic) bond motifs is 1. The predicted octanol–water partition coefficient (Wildman–Crippen LogP) is 2.55. The van der Waals surface area contributed by atoms with Crippen LogP contribution in [0.2, 0.25) is 0 Å². The molecule has 2 aromatic carbocycles. The first-order valence-electron chi connectivity index (χ1n) is 13.6. The van der Waals surface area contributed by atoms with E-state index in [0.29, 0.717) is 37.0 Å². The number of aromatic nitrogens is 4. The highest BCUT2D eigenvalue weighted by atomic mass is 16.3. The number of aromatic hydroxyl groups is 2. The molecule has 0 bridgehead atoms. The van der Waals surface area contributed by atoms with Crippen LogP contribution in [0.5, 0.6) is 11.5 Å². The second kappa shape index (κ2) is 14.4. The molecule has 11 nitrogen and oxygen atoms in total. The summed E-state index contributed by atoms with van der Waals surface area (Å²) in [6, 6.07) is 13.6. The highest BCUT2D eigenvalue weighted by Gasteiger charge is 2.16. The maximum Gasteiger partial charge on any atom is 0.332 e. The molecule has 11 heteroatoms. The molecule has 4 N–H and O–H groups in total. The first kappa shape index (κ1) is 31.3. The predicted molar refractivity (Wildman–Crippen MR) is 157 cm³/mol. The van der Waals surface area contributed by atoms with E-state index in [-0.39, 0.29) is 34.6 Å². The van der Waals surface area contributed by atoms with Crippen molar-refractivity contribution in [2.45, 2.75) is 58.2 Å². The van der Waals surface area contributed by atoms with E-state index >= 15 is 0 Å². The molecule has 220 valence electrons. The Kier molecular flexibility index (Phi) is 11.0. The lowest BCUT2D eigenvalue weighted by Crippen LogP contribution is -2.39. The van der Waals surface area contributed by atoms with Crippen LogP contribution < -0.4 is 16.6 Å². The van der Waals surface area contributed by atoms with Crippen molar-refractivity contribution in [3.63, 3.8) is 0 Å². The number of benzene rings is 2. The number of rotatable bonds is 11. The van der Waals surface area contributed by atoms with E-state index in [0.717, 1.165) is 24.1 Å². The molecular weight excluding hydrogens is 526 g/mol. The number of carbonyl (C=O) groups excluding carboxylic acids is 1. The fourth-order valence-corrected chi connectivity index (χ4v) is 4.42.